The third kappa shape index (κ3) is 2.39. The zero-order valence-corrected chi connectivity index (χ0v) is 22.2. The predicted molar refractivity (Wildman–Crippen MR) is 130 cm³/mol. The van der Waals surface area contributed by atoms with Crippen molar-refractivity contribution < 1.29 is 19.8 Å². The zero-order chi connectivity index (χ0) is 23.9. The van der Waals surface area contributed by atoms with Crippen LogP contribution in [0.15, 0.2) is 0 Å². The smallest absolute Gasteiger partial charge is 0.127 e. The van der Waals surface area contributed by atoms with Crippen LogP contribution >= 0.6 is 0 Å². The number of aliphatic hydroxyl groups excluding tert-OH is 3. The van der Waals surface area contributed by atoms with Gasteiger partial charge in [-0.15, -0.1) is 0 Å². The molecule has 0 amide bonds. The number of rotatable bonds is 1. The number of quaternary nitrogens is 1. The van der Waals surface area contributed by atoms with E-state index in [1.165, 1.54) is 32.2 Å². The van der Waals surface area contributed by atoms with Crippen LogP contribution in [-0.2, 0) is 0 Å². The fraction of sp³-hybridized carbons (Fsp3) is 1.00. The molecule has 0 aromatic heterocycles. The van der Waals surface area contributed by atoms with E-state index in [-0.39, 0.29) is 51.4 Å². The lowest BCUT2D eigenvalue weighted by Gasteiger charge is -2.84. The number of aliphatic hydroxyl groups is 3. The highest BCUT2D eigenvalue weighted by molar-refractivity contribution is 5.24. The molecule has 2 spiro atoms. The van der Waals surface area contributed by atoms with Gasteiger partial charge in [-0.1, -0.05) is 41.5 Å². The fourth-order valence-corrected chi connectivity index (χ4v) is 12.3. The Bertz CT molecular complexity index is 856. The highest BCUT2D eigenvalue weighted by Gasteiger charge is 2.85. The summed E-state index contributed by atoms with van der Waals surface area (Å²) >= 11 is 0. The van der Waals surface area contributed by atoms with Crippen LogP contribution in [0.1, 0.15) is 99.3 Å². The van der Waals surface area contributed by atoms with E-state index in [9.17, 15) is 15.3 Å². The summed E-state index contributed by atoms with van der Waals surface area (Å²) in [5, 5.41) is 33.7. The van der Waals surface area contributed by atoms with Crippen LogP contribution in [0.2, 0.25) is 0 Å². The van der Waals surface area contributed by atoms with E-state index in [2.05, 4.69) is 41.5 Å². The van der Waals surface area contributed by atoms with Gasteiger partial charge >= 0.3 is 0 Å². The van der Waals surface area contributed by atoms with Crippen molar-refractivity contribution in [3.05, 3.63) is 0 Å². The van der Waals surface area contributed by atoms with Crippen molar-refractivity contribution >= 4 is 0 Å². The highest BCUT2D eigenvalue weighted by atomic mass is 16.3. The molecule has 2 unspecified atom stereocenters. The molecule has 7 fully saturated rings. The molecule has 4 aliphatic heterocycles. The maximum atomic E-state index is 12.0. The minimum absolute atomic E-state index is 0.0237. The summed E-state index contributed by atoms with van der Waals surface area (Å²) in [6.07, 6.45) is 9.55. The molecule has 2 bridgehead atoms. The number of fused-ring (bicyclic) bond motifs is 4. The molecule has 10 atom stereocenters. The molecule has 188 valence electrons. The van der Waals surface area contributed by atoms with Gasteiger partial charge in [0.25, 0.3) is 0 Å². The third-order valence-corrected chi connectivity index (χ3v) is 13.9. The average Bonchev–Trinajstić information content (AvgIpc) is 2.72. The van der Waals surface area contributed by atoms with Crippen molar-refractivity contribution in [3.63, 3.8) is 0 Å². The molecule has 4 heterocycles. The van der Waals surface area contributed by atoms with Gasteiger partial charge in [-0.2, -0.15) is 0 Å². The molecule has 3 aliphatic carbocycles. The third-order valence-electron chi connectivity index (χ3n) is 13.9. The topological polar surface area (TPSA) is 60.7 Å². The molecular formula is C29H50NO3+. The number of piperidine rings is 3. The summed E-state index contributed by atoms with van der Waals surface area (Å²) < 4.78 is 1.00. The van der Waals surface area contributed by atoms with Gasteiger partial charge in [0.15, 0.2) is 0 Å². The minimum Gasteiger partial charge on any atom is -0.393 e. The van der Waals surface area contributed by atoms with Crippen LogP contribution in [0.5, 0.6) is 0 Å². The van der Waals surface area contributed by atoms with Crippen molar-refractivity contribution in [1.29, 1.82) is 0 Å². The molecule has 4 heteroatoms. The highest BCUT2D eigenvalue weighted by Crippen LogP contribution is 2.79. The molecule has 3 N–H and O–H groups in total. The second-order valence-corrected chi connectivity index (χ2v) is 15.7. The largest absolute Gasteiger partial charge is 0.393 e. The molecule has 3 saturated carbocycles. The molecule has 0 radical (unpaired) electrons. The molecule has 4 nitrogen and oxygen atoms in total. The van der Waals surface area contributed by atoms with Crippen molar-refractivity contribution in [3.8, 4) is 0 Å². The first kappa shape index (κ1) is 23.3. The average molecular weight is 461 g/mol. The maximum Gasteiger partial charge on any atom is 0.127 e. The summed E-state index contributed by atoms with van der Waals surface area (Å²) in [5.74, 6) is 1.06. The van der Waals surface area contributed by atoms with Gasteiger partial charge < -0.3 is 19.8 Å². The van der Waals surface area contributed by atoms with Crippen molar-refractivity contribution in [2.24, 2.45) is 38.9 Å². The number of nitrogens with zero attached hydrogens (tertiary/aromatic N) is 1. The Morgan fingerprint density at radius 3 is 2.18 bits per heavy atom. The summed E-state index contributed by atoms with van der Waals surface area (Å²) in [7, 11) is 0. The van der Waals surface area contributed by atoms with E-state index in [0.717, 1.165) is 43.1 Å². The van der Waals surface area contributed by atoms with E-state index in [0.29, 0.717) is 17.9 Å². The van der Waals surface area contributed by atoms with Gasteiger partial charge in [0.1, 0.15) is 17.7 Å². The van der Waals surface area contributed by atoms with E-state index in [4.69, 9.17) is 0 Å². The molecule has 7 aliphatic rings. The van der Waals surface area contributed by atoms with Crippen molar-refractivity contribution in [2.75, 3.05) is 19.7 Å². The van der Waals surface area contributed by atoms with Gasteiger partial charge in [-0.05, 0) is 73.0 Å². The Hall–Kier alpha value is -0.160. The Kier molecular flexibility index (Phi) is 4.50. The van der Waals surface area contributed by atoms with Crippen LogP contribution in [0.3, 0.4) is 0 Å². The summed E-state index contributed by atoms with van der Waals surface area (Å²) in [6, 6.07) is 0.307. The van der Waals surface area contributed by atoms with Gasteiger partial charge in [-0.25, -0.2) is 0 Å². The first-order valence-corrected chi connectivity index (χ1v) is 14.1. The lowest BCUT2D eigenvalue weighted by Crippen LogP contribution is -2.95. The van der Waals surface area contributed by atoms with Crippen LogP contribution in [0, 0.1) is 38.9 Å². The van der Waals surface area contributed by atoms with Gasteiger partial charge in [0.2, 0.25) is 0 Å². The van der Waals surface area contributed by atoms with E-state index in [1.807, 2.05) is 0 Å². The summed E-state index contributed by atoms with van der Waals surface area (Å²) in [6.45, 7) is 17.2. The summed E-state index contributed by atoms with van der Waals surface area (Å²) in [4.78, 5) is 0. The van der Waals surface area contributed by atoms with Crippen LogP contribution in [-0.4, -0.2) is 63.3 Å². The predicted octanol–water partition coefficient (Wildman–Crippen LogP) is 4.50. The Balaban J connectivity index is 1.43. The molecule has 33 heavy (non-hydrogen) atoms. The zero-order valence-electron chi connectivity index (χ0n) is 22.2. The molecule has 7 rings (SSSR count). The van der Waals surface area contributed by atoms with Gasteiger partial charge in [0.05, 0.1) is 31.2 Å². The molecule has 4 saturated heterocycles. The van der Waals surface area contributed by atoms with Gasteiger partial charge in [-0.3, -0.25) is 0 Å². The first-order chi connectivity index (χ1) is 15.2. The summed E-state index contributed by atoms with van der Waals surface area (Å²) in [5.41, 5.74) is 0.889. The lowest BCUT2D eigenvalue weighted by molar-refractivity contribution is -1.08. The molecule has 0 aromatic carbocycles. The minimum atomic E-state index is -0.262. The Labute approximate surface area is 201 Å². The van der Waals surface area contributed by atoms with E-state index in [1.54, 1.807) is 0 Å². The first-order valence-electron chi connectivity index (χ1n) is 14.1. The SMILES string of the molecule is CC1(C)CC[C@]2(CO)CC[C@]34C[N+]2(C1)[C@H]3[C@H](O)C[C@@H]1[C@@]2(C)CC[C@H](O)C(C)(C)C2CC[C@]14C. The van der Waals surface area contributed by atoms with Crippen LogP contribution in [0.4, 0.5) is 0 Å². The van der Waals surface area contributed by atoms with Crippen molar-refractivity contribution in [2.45, 2.75) is 123 Å². The lowest BCUT2D eigenvalue weighted by atomic mass is 9.31. The quantitative estimate of drug-likeness (QED) is 0.505. The van der Waals surface area contributed by atoms with Crippen LogP contribution < -0.4 is 0 Å². The van der Waals surface area contributed by atoms with E-state index < -0.39 is 0 Å². The molecule has 0 aromatic rings. The van der Waals surface area contributed by atoms with Gasteiger partial charge in [0, 0.05) is 18.3 Å². The number of hydrogen-bond acceptors (Lipinski definition) is 3. The molecular weight excluding hydrogens is 410 g/mol. The Morgan fingerprint density at radius 2 is 1.48 bits per heavy atom. The Morgan fingerprint density at radius 1 is 0.788 bits per heavy atom. The standard InChI is InChI=1S/C29H50NO3/c1-24(2)11-12-28(18-31)13-14-29-17-30(28,16-24)23(29)19(32)15-21-26(5)9-8-22(33)25(3,4)20(26)7-10-27(21,29)6/h19-23,31-33H,7-18H2,1-6H3/q+1/t19-,20?,21-,22+,23+,26+,27-,28-,29+,30?/m1/s1. The fourth-order valence-electron chi connectivity index (χ4n) is 12.3. The van der Waals surface area contributed by atoms with E-state index >= 15 is 0 Å². The second kappa shape index (κ2) is 6.39. The maximum absolute atomic E-state index is 12.0. The van der Waals surface area contributed by atoms with Crippen LogP contribution in [0.25, 0.3) is 0 Å². The number of hydrogen-bond donors (Lipinski definition) is 3. The van der Waals surface area contributed by atoms with Crippen molar-refractivity contribution in [1.82, 2.24) is 0 Å². The monoisotopic (exact) mass is 460 g/mol. The second-order valence-electron chi connectivity index (χ2n) is 15.7. The normalized spacial score (nSPS) is 60.5.